The molecule has 0 bridgehead atoms. The number of nitrogens with two attached hydrogens (primary N) is 1. The molecule has 1 saturated carbocycles. The standard InChI is InChI=1S/C18H37N/c1-3-5-6-7-8-9-10-12-15-18(19)16-13-11-14-17(18)4-2/h17H,3-16,19H2,1-2H3. The quantitative estimate of drug-likeness (QED) is 0.496. The molecule has 0 aliphatic heterocycles. The molecule has 1 aliphatic carbocycles. The first-order chi connectivity index (χ1) is 9.23. The lowest BCUT2D eigenvalue weighted by atomic mass is 9.69. The van der Waals surface area contributed by atoms with Crippen LogP contribution in [0.2, 0.25) is 0 Å². The Hall–Kier alpha value is -0.0400. The van der Waals surface area contributed by atoms with Gasteiger partial charge in [-0.25, -0.2) is 0 Å². The van der Waals surface area contributed by atoms with E-state index in [0.717, 1.165) is 5.92 Å². The molecular formula is C18H37N. The van der Waals surface area contributed by atoms with Gasteiger partial charge in [-0.15, -0.1) is 0 Å². The molecule has 1 heteroatoms. The molecule has 1 rings (SSSR count). The van der Waals surface area contributed by atoms with Gasteiger partial charge in [0.15, 0.2) is 0 Å². The van der Waals surface area contributed by atoms with Gasteiger partial charge in [-0.05, 0) is 25.2 Å². The molecule has 1 nitrogen and oxygen atoms in total. The van der Waals surface area contributed by atoms with Crippen molar-refractivity contribution in [2.24, 2.45) is 11.7 Å². The minimum atomic E-state index is 0.190. The first kappa shape index (κ1) is 17.0. The lowest BCUT2D eigenvalue weighted by molar-refractivity contribution is 0.167. The van der Waals surface area contributed by atoms with Crippen LogP contribution in [0, 0.1) is 5.92 Å². The van der Waals surface area contributed by atoms with Crippen LogP contribution in [0.3, 0.4) is 0 Å². The fourth-order valence-electron chi connectivity index (χ4n) is 3.86. The molecule has 19 heavy (non-hydrogen) atoms. The van der Waals surface area contributed by atoms with E-state index in [1.165, 1.54) is 89.9 Å². The molecule has 0 radical (unpaired) electrons. The Bertz CT molecular complexity index is 214. The van der Waals surface area contributed by atoms with E-state index in [-0.39, 0.29) is 5.54 Å². The molecular weight excluding hydrogens is 230 g/mol. The van der Waals surface area contributed by atoms with Crippen LogP contribution >= 0.6 is 0 Å². The van der Waals surface area contributed by atoms with E-state index in [4.69, 9.17) is 5.73 Å². The number of hydrogen-bond acceptors (Lipinski definition) is 1. The molecule has 0 heterocycles. The van der Waals surface area contributed by atoms with Crippen LogP contribution < -0.4 is 5.73 Å². The predicted octanol–water partition coefficient (Wildman–Crippen LogP) is 5.81. The number of unbranched alkanes of at least 4 members (excludes halogenated alkanes) is 7. The topological polar surface area (TPSA) is 26.0 Å². The van der Waals surface area contributed by atoms with E-state index in [0.29, 0.717) is 0 Å². The maximum absolute atomic E-state index is 6.69. The highest BCUT2D eigenvalue weighted by atomic mass is 14.8. The smallest absolute Gasteiger partial charge is 0.0182 e. The summed E-state index contributed by atoms with van der Waals surface area (Å²) in [6, 6.07) is 0. The molecule has 0 aromatic heterocycles. The molecule has 2 unspecified atom stereocenters. The zero-order chi connectivity index (χ0) is 14.0. The van der Waals surface area contributed by atoms with Crippen LogP contribution in [0.4, 0.5) is 0 Å². The van der Waals surface area contributed by atoms with Gasteiger partial charge in [-0.3, -0.25) is 0 Å². The van der Waals surface area contributed by atoms with Crippen molar-refractivity contribution < 1.29 is 0 Å². The third-order valence-corrected chi connectivity index (χ3v) is 5.25. The summed E-state index contributed by atoms with van der Waals surface area (Å²) in [7, 11) is 0. The number of rotatable bonds is 10. The van der Waals surface area contributed by atoms with Gasteiger partial charge in [0.05, 0.1) is 0 Å². The summed E-state index contributed by atoms with van der Waals surface area (Å²) < 4.78 is 0. The van der Waals surface area contributed by atoms with E-state index in [2.05, 4.69) is 13.8 Å². The van der Waals surface area contributed by atoms with Crippen LogP contribution in [0.5, 0.6) is 0 Å². The highest BCUT2D eigenvalue weighted by molar-refractivity contribution is 4.93. The van der Waals surface area contributed by atoms with Crippen molar-refractivity contribution in [3.8, 4) is 0 Å². The summed E-state index contributed by atoms with van der Waals surface area (Å²) in [6.07, 6.45) is 19.3. The van der Waals surface area contributed by atoms with Gasteiger partial charge in [-0.2, -0.15) is 0 Å². The molecule has 1 fully saturated rings. The normalized spacial score (nSPS) is 27.6. The summed E-state index contributed by atoms with van der Waals surface area (Å²) in [5.74, 6) is 0.797. The van der Waals surface area contributed by atoms with E-state index in [9.17, 15) is 0 Å². The zero-order valence-electron chi connectivity index (χ0n) is 13.6. The SMILES string of the molecule is CCCCCCCCCCC1(N)CCCCC1CC. The van der Waals surface area contributed by atoms with Gasteiger partial charge in [-0.1, -0.05) is 84.5 Å². The van der Waals surface area contributed by atoms with Crippen LogP contribution in [0.15, 0.2) is 0 Å². The summed E-state index contributed by atoms with van der Waals surface area (Å²) in [5, 5.41) is 0. The van der Waals surface area contributed by atoms with Gasteiger partial charge >= 0.3 is 0 Å². The lowest BCUT2D eigenvalue weighted by Gasteiger charge is -2.41. The molecule has 0 spiro atoms. The fraction of sp³-hybridized carbons (Fsp3) is 1.00. The van der Waals surface area contributed by atoms with Gasteiger partial charge in [0.25, 0.3) is 0 Å². The summed E-state index contributed by atoms with van der Waals surface area (Å²) in [6.45, 7) is 4.61. The van der Waals surface area contributed by atoms with Crippen molar-refractivity contribution in [1.29, 1.82) is 0 Å². The Kier molecular flexibility index (Phi) is 8.77. The Morgan fingerprint density at radius 1 is 0.895 bits per heavy atom. The molecule has 1 aliphatic rings. The first-order valence-corrected chi connectivity index (χ1v) is 9.02. The van der Waals surface area contributed by atoms with E-state index in [1.54, 1.807) is 0 Å². The maximum Gasteiger partial charge on any atom is 0.0182 e. The van der Waals surface area contributed by atoms with E-state index >= 15 is 0 Å². The van der Waals surface area contributed by atoms with Crippen molar-refractivity contribution in [3.63, 3.8) is 0 Å². The van der Waals surface area contributed by atoms with E-state index in [1.807, 2.05) is 0 Å². The molecule has 2 atom stereocenters. The first-order valence-electron chi connectivity index (χ1n) is 9.02. The third kappa shape index (κ3) is 6.29. The monoisotopic (exact) mass is 267 g/mol. The fourth-order valence-corrected chi connectivity index (χ4v) is 3.86. The average Bonchev–Trinajstić information content (AvgIpc) is 2.42. The minimum absolute atomic E-state index is 0.190. The second-order valence-corrected chi connectivity index (χ2v) is 6.81. The van der Waals surface area contributed by atoms with Crippen molar-refractivity contribution >= 4 is 0 Å². The Labute approximate surface area is 121 Å². The van der Waals surface area contributed by atoms with Crippen molar-refractivity contribution in [3.05, 3.63) is 0 Å². The highest BCUT2D eigenvalue weighted by Crippen LogP contribution is 2.37. The highest BCUT2D eigenvalue weighted by Gasteiger charge is 2.35. The second-order valence-electron chi connectivity index (χ2n) is 6.81. The van der Waals surface area contributed by atoms with E-state index < -0.39 is 0 Å². The van der Waals surface area contributed by atoms with Crippen LogP contribution in [0.1, 0.15) is 104 Å². The van der Waals surface area contributed by atoms with Crippen LogP contribution in [0.25, 0.3) is 0 Å². The van der Waals surface area contributed by atoms with Crippen molar-refractivity contribution in [1.82, 2.24) is 0 Å². The van der Waals surface area contributed by atoms with Gasteiger partial charge in [0, 0.05) is 5.54 Å². The predicted molar refractivity (Wildman–Crippen MR) is 86.4 cm³/mol. The average molecular weight is 268 g/mol. The molecule has 0 aromatic carbocycles. The minimum Gasteiger partial charge on any atom is -0.325 e. The molecule has 0 amide bonds. The third-order valence-electron chi connectivity index (χ3n) is 5.25. The lowest BCUT2D eigenvalue weighted by Crippen LogP contribution is -2.48. The maximum atomic E-state index is 6.69. The Balaban J connectivity index is 2.07. The van der Waals surface area contributed by atoms with Gasteiger partial charge < -0.3 is 5.73 Å². The van der Waals surface area contributed by atoms with Crippen LogP contribution in [-0.4, -0.2) is 5.54 Å². The summed E-state index contributed by atoms with van der Waals surface area (Å²) in [5.41, 5.74) is 6.88. The number of hydrogen-bond donors (Lipinski definition) is 1. The van der Waals surface area contributed by atoms with Gasteiger partial charge in [0.2, 0.25) is 0 Å². The van der Waals surface area contributed by atoms with Gasteiger partial charge in [0.1, 0.15) is 0 Å². The second kappa shape index (κ2) is 9.80. The van der Waals surface area contributed by atoms with Crippen LogP contribution in [-0.2, 0) is 0 Å². The molecule has 114 valence electrons. The Morgan fingerprint density at radius 3 is 2.16 bits per heavy atom. The zero-order valence-corrected chi connectivity index (χ0v) is 13.6. The molecule has 0 saturated heterocycles. The molecule has 2 N–H and O–H groups in total. The summed E-state index contributed by atoms with van der Waals surface area (Å²) in [4.78, 5) is 0. The summed E-state index contributed by atoms with van der Waals surface area (Å²) >= 11 is 0. The Morgan fingerprint density at radius 2 is 1.53 bits per heavy atom. The van der Waals surface area contributed by atoms with Crippen molar-refractivity contribution in [2.75, 3.05) is 0 Å². The largest absolute Gasteiger partial charge is 0.325 e. The van der Waals surface area contributed by atoms with Crippen molar-refractivity contribution in [2.45, 2.75) is 109 Å². The molecule has 0 aromatic rings.